The maximum absolute atomic E-state index is 8.82. The molecule has 1 atom stereocenters. The second-order valence-corrected chi connectivity index (χ2v) is 3.12. The highest BCUT2D eigenvalue weighted by Gasteiger charge is 2.10. The Kier molecular flexibility index (Phi) is 2.78. The van der Waals surface area contributed by atoms with E-state index in [4.69, 9.17) is 5.11 Å². The number of rotatable bonds is 3. The standard InChI is InChI=1S/C6H11N3OS/c1-5(3-10)9(2)6-7-4-8-11-6/h4-5,10H,3H2,1-2H3/t5-/m1/s1. The van der Waals surface area contributed by atoms with Crippen LogP contribution < -0.4 is 4.90 Å². The lowest BCUT2D eigenvalue weighted by Gasteiger charge is -2.21. The molecule has 11 heavy (non-hydrogen) atoms. The van der Waals surface area contributed by atoms with Crippen molar-refractivity contribution >= 4 is 16.7 Å². The van der Waals surface area contributed by atoms with Crippen LogP contribution in [0.15, 0.2) is 6.33 Å². The van der Waals surface area contributed by atoms with Gasteiger partial charge in [-0.25, -0.2) is 4.98 Å². The van der Waals surface area contributed by atoms with E-state index in [1.165, 1.54) is 17.9 Å². The van der Waals surface area contributed by atoms with Crippen LogP contribution in [0.25, 0.3) is 0 Å². The summed E-state index contributed by atoms with van der Waals surface area (Å²) in [6.07, 6.45) is 1.51. The molecule has 0 saturated carbocycles. The Labute approximate surface area is 69.7 Å². The van der Waals surface area contributed by atoms with Crippen LogP contribution >= 0.6 is 11.5 Å². The number of hydrogen-bond acceptors (Lipinski definition) is 5. The van der Waals surface area contributed by atoms with E-state index < -0.39 is 0 Å². The molecule has 0 aliphatic heterocycles. The number of hydrogen-bond donors (Lipinski definition) is 1. The number of anilines is 1. The van der Waals surface area contributed by atoms with Crippen molar-refractivity contribution in [3.63, 3.8) is 0 Å². The van der Waals surface area contributed by atoms with Gasteiger partial charge in [0, 0.05) is 18.6 Å². The molecule has 0 bridgehead atoms. The van der Waals surface area contributed by atoms with Gasteiger partial charge in [0.25, 0.3) is 0 Å². The van der Waals surface area contributed by atoms with E-state index >= 15 is 0 Å². The zero-order valence-electron chi connectivity index (χ0n) is 6.56. The van der Waals surface area contributed by atoms with Gasteiger partial charge in [0.05, 0.1) is 12.6 Å². The van der Waals surface area contributed by atoms with Crippen molar-refractivity contribution in [3.05, 3.63) is 6.33 Å². The van der Waals surface area contributed by atoms with E-state index in [1.54, 1.807) is 0 Å². The molecule has 1 aromatic heterocycles. The second-order valence-electron chi connectivity index (χ2n) is 2.37. The number of aromatic nitrogens is 2. The minimum atomic E-state index is 0.1000. The molecule has 0 radical (unpaired) electrons. The Morgan fingerprint density at radius 3 is 3.00 bits per heavy atom. The Bertz CT molecular complexity index is 202. The molecule has 4 nitrogen and oxygen atoms in total. The zero-order chi connectivity index (χ0) is 8.27. The molecule has 5 heteroatoms. The van der Waals surface area contributed by atoms with Gasteiger partial charge in [-0.05, 0) is 6.92 Å². The van der Waals surface area contributed by atoms with Crippen LogP contribution in [0, 0.1) is 0 Å². The molecule has 0 aliphatic rings. The Hall–Kier alpha value is -0.680. The summed E-state index contributed by atoms with van der Waals surface area (Å²) in [4.78, 5) is 5.91. The van der Waals surface area contributed by atoms with Gasteiger partial charge < -0.3 is 10.0 Å². The van der Waals surface area contributed by atoms with E-state index in [2.05, 4.69) is 9.36 Å². The van der Waals surface area contributed by atoms with Crippen LogP contribution in [0.4, 0.5) is 5.13 Å². The van der Waals surface area contributed by atoms with E-state index in [0.29, 0.717) is 0 Å². The maximum atomic E-state index is 8.82. The van der Waals surface area contributed by atoms with Crippen molar-refractivity contribution in [1.29, 1.82) is 0 Å². The van der Waals surface area contributed by atoms with Crippen molar-refractivity contribution in [2.24, 2.45) is 0 Å². The van der Waals surface area contributed by atoms with Crippen LogP contribution in [0.3, 0.4) is 0 Å². The average Bonchev–Trinajstić information content (AvgIpc) is 2.53. The predicted molar refractivity (Wildman–Crippen MR) is 44.9 cm³/mol. The van der Waals surface area contributed by atoms with Gasteiger partial charge >= 0.3 is 0 Å². The minimum Gasteiger partial charge on any atom is -0.394 e. The molecule has 0 aliphatic carbocycles. The fourth-order valence-corrected chi connectivity index (χ4v) is 1.23. The van der Waals surface area contributed by atoms with Gasteiger partial charge in [-0.3, -0.25) is 0 Å². The molecule has 0 amide bonds. The lowest BCUT2D eigenvalue weighted by molar-refractivity contribution is 0.270. The first-order chi connectivity index (χ1) is 5.25. The van der Waals surface area contributed by atoms with Crippen molar-refractivity contribution in [2.45, 2.75) is 13.0 Å². The van der Waals surface area contributed by atoms with Crippen LogP contribution in [-0.2, 0) is 0 Å². The second kappa shape index (κ2) is 3.64. The number of aliphatic hydroxyl groups is 1. The van der Waals surface area contributed by atoms with E-state index in [0.717, 1.165) is 5.13 Å². The SMILES string of the molecule is C[C@H](CO)N(C)c1ncns1. The van der Waals surface area contributed by atoms with Gasteiger partial charge in [-0.1, -0.05) is 0 Å². The molecule has 1 aromatic rings. The summed E-state index contributed by atoms with van der Waals surface area (Å²) in [5, 5.41) is 9.66. The Morgan fingerprint density at radius 2 is 2.55 bits per heavy atom. The van der Waals surface area contributed by atoms with Crippen molar-refractivity contribution < 1.29 is 5.11 Å². The van der Waals surface area contributed by atoms with Gasteiger partial charge in [-0.2, -0.15) is 4.37 Å². The lowest BCUT2D eigenvalue weighted by Crippen LogP contribution is -2.31. The highest BCUT2D eigenvalue weighted by atomic mass is 32.1. The van der Waals surface area contributed by atoms with Crippen molar-refractivity contribution in [3.8, 4) is 0 Å². The molecule has 0 saturated heterocycles. The topological polar surface area (TPSA) is 49.2 Å². The van der Waals surface area contributed by atoms with E-state index in [1.807, 2.05) is 18.9 Å². The third-order valence-electron chi connectivity index (χ3n) is 1.58. The highest BCUT2D eigenvalue weighted by molar-refractivity contribution is 7.09. The highest BCUT2D eigenvalue weighted by Crippen LogP contribution is 2.14. The molecule has 1 N–H and O–H groups in total. The monoisotopic (exact) mass is 173 g/mol. The molecule has 1 heterocycles. The third-order valence-corrected chi connectivity index (χ3v) is 2.33. The quantitative estimate of drug-likeness (QED) is 0.716. The van der Waals surface area contributed by atoms with Gasteiger partial charge in [0.2, 0.25) is 5.13 Å². The Morgan fingerprint density at radius 1 is 1.82 bits per heavy atom. The smallest absolute Gasteiger partial charge is 0.204 e. The molecular weight excluding hydrogens is 162 g/mol. The molecular formula is C6H11N3OS. The summed E-state index contributed by atoms with van der Waals surface area (Å²) < 4.78 is 3.87. The summed E-state index contributed by atoms with van der Waals surface area (Å²) in [6.45, 7) is 2.07. The summed E-state index contributed by atoms with van der Waals surface area (Å²) in [7, 11) is 1.89. The molecule has 1 rings (SSSR count). The summed E-state index contributed by atoms with van der Waals surface area (Å²) in [5.74, 6) is 0. The zero-order valence-corrected chi connectivity index (χ0v) is 7.38. The van der Waals surface area contributed by atoms with Crippen molar-refractivity contribution in [2.75, 3.05) is 18.6 Å². The molecule has 0 spiro atoms. The summed E-state index contributed by atoms with van der Waals surface area (Å²) in [5.41, 5.74) is 0. The van der Waals surface area contributed by atoms with Crippen molar-refractivity contribution in [1.82, 2.24) is 9.36 Å². The normalized spacial score (nSPS) is 13.0. The molecule has 0 fully saturated rings. The van der Waals surface area contributed by atoms with Crippen LogP contribution in [0.2, 0.25) is 0 Å². The van der Waals surface area contributed by atoms with Gasteiger partial charge in [-0.15, -0.1) is 0 Å². The average molecular weight is 173 g/mol. The fourth-order valence-electron chi connectivity index (χ4n) is 0.634. The fraction of sp³-hybridized carbons (Fsp3) is 0.667. The minimum absolute atomic E-state index is 0.1000. The first kappa shape index (κ1) is 8.42. The van der Waals surface area contributed by atoms with Crippen LogP contribution in [0.5, 0.6) is 0 Å². The molecule has 62 valence electrons. The lowest BCUT2D eigenvalue weighted by atomic mass is 10.3. The summed E-state index contributed by atoms with van der Waals surface area (Å²) in [6, 6.07) is 0.1000. The largest absolute Gasteiger partial charge is 0.394 e. The van der Waals surface area contributed by atoms with E-state index in [-0.39, 0.29) is 12.6 Å². The Balaban J connectivity index is 2.62. The van der Waals surface area contributed by atoms with E-state index in [9.17, 15) is 0 Å². The van der Waals surface area contributed by atoms with Gasteiger partial charge in [0.1, 0.15) is 6.33 Å². The molecule has 0 unspecified atom stereocenters. The van der Waals surface area contributed by atoms with Crippen LogP contribution in [-0.4, -0.2) is 34.2 Å². The summed E-state index contributed by atoms with van der Waals surface area (Å²) >= 11 is 1.33. The third kappa shape index (κ3) is 1.87. The first-order valence-corrected chi connectivity index (χ1v) is 4.13. The van der Waals surface area contributed by atoms with Crippen LogP contribution in [0.1, 0.15) is 6.92 Å². The number of aliphatic hydroxyl groups excluding tert-OH is 1. The number of nitrogens with zero attached hydrogens (tertiary/aromatic N) is 3. The van der Waals surface area contributed by atoms with Gasteiger partial charge in [0.15, 0.2) is 0 Å². The maximum Gasteiger partial charge on any atom is 0.204 e. The number of likely N-dealkylation sites (N-methyl/N-ethyl adjacent to an activating group) is 1. The predicted octanol–water partition coefficient (Wildman–Crippen LogP) is 0.355. The first-order valence-electron chi connectivity index (χ1n) is 3.36. The molecule has 0 aromatic carbocycles.